The Kier molecular flexibility index (Phi) is 3.20. The van der Waals surface area contributed by atoms with Gasteiger partial charge in [0.15, 0.2) is 0 Å². The monoisotopic (exact) mass is 269 g/mol. The molecule has 1 heterocycles. The van der Waals surface area contributed by atoms with Crippen LogP contribution in [0.15, 0.2) is 33.9 Å². The second kappa shape index (κ2) is 4.66. The number of nitrogens with one attached hydrogen (secondary N) is 2. The van der Waals surface area contributed by atoms with Crippen molar-refractivity contribution in [2.24, 2.45) is 7.05 Å². The van der Waals surface area contributed by atoms with Crippen LogP contribution in [0, 0.1) is 5.82 Å². The SMILES string of the molecule is Cn1c(Nc2ccc(F)c(Cl)c2)cc(=O)[nH]c1=O. The molecule has 2 aromatic rings. The molecule has 5 nitrogen and oxygen atoms in total. The van der Waals surface area contributed by atoms with Gasteiger partial charge < -0.3 is 5.32 Å². The molecule has 0 aliphatic rings. The van der Waals surface area contributed by atoms with Gasteiger partial charge in [-0.1, -0.05) is 11.6 Å². The van der Waals surface area contributed by atoms with E-state index < -0.39 is 17.1 Å². The zero-order valence-corrected chi connectivity index (χ0v) is 10.1. The normalized spacial score (nSPS) is 10.4. The fraction of sp³-hybridized carbons (Fsp3) is 0.0909. The second-order valence-electron chi connectivity index (χ2n) is 3.64. The predicted octanol–water partition coefficient (Wildman–Crippen LogP) is 1.61. The first-order chi connectivity index (χ1) is 8.47. The third-order valence-corrected chi connectivity index (χ3v) is 2.65. The molecule has 0 atom stereocenters. The predicted molar refractivity (Wildman–Crippen MR) is 67.0 cm³/mol. The minimum atomic E-state index is -0.543. The number of aromatic amines is 1. The van der Waals surface area contributed by atoms with E-state index in [1.165, 1.54) is 35.9 Å². The van der Waals surface area contributed by atoms with E-state index in [0.29, 0.717) is 5.69 Å². The number of H-pyrrole nitrogens is 1. The van der Waals surface area contributed by atoms with Gasteiger partial charge in [-0.05, 0) is 18.2 Å². The minimum absolute atomic E-state index is 0.0464. The Balaban J connectivity index is 2.43. The summed E-state index contributed by atoms with van der Waals surface area (Å²) < 4.78 is 14.2. The van der Waals surface area contributed by atoms with Crippen LogP contribution in [0.5, 0.6) is 0 Å². The quantitative estimate of drug-likeness (QED) is 0.870. The summed E-state index contributed by atoms with van der Waals surface area (Å²) in [5, 5.41) is 2.77. The van der Waals surface area contributed by atoms with Gasteiger partial charge in [-0.2, -0.15) is 0 Å². The van der Waals surface area contributed by atoms with E-state index >= 15 is 0 Å². The van der Waals surface area contributed by atoms with Gasteiger partial charge in [0.05, 0.1) is 5.02 Å². The van der Waals surface area contributed by atoms with Gasteiger partial charge in [0.1, 0.15) is 11.6 Å². The van der Waals surface area contributed by atoms with Crippen molar-refractivity contribution in [2.75, 3.05) is 5.32 Å². The summed E-state index contributed by atoms with van der Waals surface area (Å²) in [5.41, 5.74) is -0.589. The molecule has 1 aromatic heterocycles. The molecule has 0 fully saturated rings. The van der Waals surface area contributed by atoms with Gasteiger partial charge in [0, 0.05) is 18.8 Å². The molecular weight excluding hydrogens is 261 g/mol. The molecule has 0 radical (unpaired) electrons. The highest BCUT2D eigenvalue weighted by atomic mass is 35.5. The van der Waals surface area contributed by atoms with E-state index in [-0.39, 0.29) is 10.8 Å². The Morgan fingerprint density at radius 1 is 1.33 bits per heavy atom. The van der Waals surface area contributed by atoms with Gasteiger partial charge in [-0.3, -0.25) is 14.3 Å². The van der Waals surface area contributed by atoms with Crippen molar-refractivity contribution in [3.8, 4) is 0 Å². The lowest BCUT2D eigenvalue weighted by Crippen LogP contribution is -2.29. The maximum atomic E-state index is 13.0. The fourth-order valence-electron chi connectivity index (χ4n) is 1.40. The molecule has 2 rings (SSSR count). The highest BCUT2D eigenvalue weighted by molar-refractivity contribution is 6.31. The van der Waals surface area contributed by atoms with Crippen LogP contribution in [0.4, 0.5) is 15.9 Å². The maximum absolute atomic E-state index is 13.0. The molecule has 0 aliphatic carbocycles. The van der Waals surface area contributed by atoms with Gasteiger partial charge >= 0.3 is 5.69 Å². The molecule has 0 unspecified atom stereocenters. The Labute approximate surface area is 106 Å². The van der Waals surface area contributed by atoms with E-state index in [9.17, 15) is 14.0 Å². The van der Waals surface area contributed by atoms with Gasteiger partial charge in [0.2, 0.25) is 0 Å². The molecule has 94 valence electrons. The Hall–Kier alpha value is -2.08. The van der Waals surface area contributed by atoms with E-state index in [2.05, 4.69) is 10.3 Å². The standard InChI is InChI=1S/C11H9ClFN3O2/c1-16-9(5-10(17)15-11(16)18)14-6-2-3-8(13)7(12)4-6/h2-5,14H,1H3,(H,15,17,18). The number of anilines is 2. The molecule has 0 spiro atoms. The zero-order valence-electron chi connectivity index (χ0n) is 9.33. The number of hydrogen-bond acceptors (Lipinski definition) is 3. The third kappa shape index (κ3) is 2.43. The largest absolute Gasteiger partial charge is 0.341 e. The maximum Gasteiger partial charge on any atom is 0.329 e. The molecular formula is C11H9ClFN3O2. The molecule has 7 heteroatoms. The number of benzene rings is 1. The molecule has 0 saturated heterocycles. The van der Waals surface area contributed by atoms with Crippen LogP contribution in [-0.2, 0) is 7.05 Å². The molecule has 0 aliphatic heterocycles. The average Bonchev–Trinajstić information content (AvgIpc) is 2.30. The van der Waals surface area contributed by atoms with Crippen molar-refractivity contribution in [3.63, 3.8) is 0 Å². The summed E-state index contributed by atoms with van der Waals surface area (Å²) in [5.74, 6) is -0.256. The highest BCUT2D eigenvalue weighted by Gasteiger charge is 2.05. The summed E-state index contributed by atoms with van der Waals surface area (Å²) >= 11 is 5.63. The summed E-state index contributed by atoms with van der Waals surface area (Å²) in [7, 11) is 1.49. The van der Waals surface area contributed by atoms with E-state index in [4.69, 9.17) is 11.6 Å². The van der Waals surface area contributed by atoms with Crippen LogP contribution in [-0.4, -0.2) is 9.55 Å². The number of rotatable bonds is 2. The fourth-order valence-corrected chi connectivity index (χ4v) is 1.58. The Bertz CT molecular complexity index is 708. The number of nitrogens with zero attached hydrogens (tertiary/aromatic N) is 1. The first-order valence-electron chi connectivity index (χ1n) is 5.00. The summed E-state index contributed by atoms with van der Waals surface area (Å²) in [6, 6.07) is 5.23. The van der Waals surface area contributed by atoms with Crippen molar-refractivity contribution in [1.82, 2.24) is 9.55 Å². The lowest BCUT2D eigenvalue weighted by atomic mass is 10.3. The van der Waals surface area contributed by atoms with Gasteiger partial charge in [0.25, 0.3) is 5.56 Å². The lowest BCUT2D eigenvalue weighted by Gasteiger charge is -2.10. The lowest BCUT2D eigenvalue weighted by molar-refractivity contribution is 0.628. The van der Waals surface area contributed by atoms with Crippen LogP contribution in [0.25, 0.3) is 0 Å². The molecule has 2 N–H and O–H groups in total. The topological polar surface area (TPSA) is 66.9 Å². The number of halogens is 2. The molecule has 1 aromatic carbocycles. The summed E-state index contributed by atoms with van der Waals surface area (Å²) in [6.07, 6.45) is 0. The van der Waals surface area contributed by atoms with Crippen LogP contribution < -0.4 is 16.6 Å². The smallest absolute Gasteiger partial charge is 0.329 e. The second-order valence-corrected chi connectivity index (χ2v) is 4.04. The first kappa shape index (κ1) is 12.4. The average molecular weight is 270 g/mol. The van der Waals surface area contributed by atoms with Crippen LogP contribution in [0.3, 0.4) is 0 Å². The Morgan fingerprint density at radius 2 is 2.06 bits per heavy atom. The van der Waals surface area contributed by atoms with E-state index in [0.717, 1.165) is 0 Å². The Morgan fingerprint density at radius 3 is 2.72 bits per heavy atom. The van der Waals surface area contributed by atoms with E-state index in [1.807, 2.05) is 0 Å². The van der Waals surface area contributed by atoms with Crippen LogP contribution >= 0.6 is 11.6 Å². The van der Waals surface area contributed by atoms with Crippen molar-refractivity contribution >= 4 is 23.1 Å². The number of aromatic nitrogens is 2. The van der Waals surface area contributed by atoms with Gasteiger partial charge in [-0.15, -0.1) is 0 Å². The van der Waals surface area contributed by atoms with Gasteiger partial charge in [-0.25, -0.2) is 9.18 Å². The molecule has 0 amide bonds. The minimum Gasteiger partial charge on any atom is -0.341 e. The number of hydrogen-bond donors (Lipinski definition) is 2. The first-order valence-corrected chi connectivity index (χ1v) is 5.37. The van der Waals surface area contributed by atoms with Crippen LogP contribution in [0.2, 0.25) is 5.02 Å². The van der Waals surface area contributed by atoms with E-state index in [1.54, 1.807) is 0 Å². The molecule has 18 heavy (non-hydrogen) atoms. The van der Waals surface area contributed by atoms with Crippen LogP contribution in [0.1, 0.15) is 0 Å². The van der Waals surface area contributed by atoms with Crippen molar-refractivity contribution in [2.45, 2.75) is 0 Å². The zero-order chi connectivity index (χ0) is 13.3. The molecule has 0 saturated carbocycles. The highest BCUT2D eigenvalue weighted by Crippen LogP contribution is 2.21. The molecule has 0 bridgehead atoms. The summed E-state index contributed by atoms with van der Waals surface area (Å²) in [6.45, 7) is 0. The van der Waals surface area contributed by atoms with Crippen molar-refractivity contribution in [3.05, 3.63) is 55.9 Å². The third-order valence-electron chi connectivity index (χ3n) is 2.36. The van der Waals surface area contributed by atoms with Crippen molar-refractivity contribution < 1.29 is 4.39 Å². The summed E-state index contributed by atoms with van der Waals surface area (Å²) in [4.78, 5) is 24.6. The van der Waals surface area contributed by atoms with Crippen molar-refractivity contribution in [1.29, 1.82) is 0 Å².